The Bertz CT molecular complexity index is 942. The van der Waals surface area contributed by atoms with Gasteiger partial charge >= 0.3 is 5.97 Å². The van der Waals surface area contributed by atoms with Gasteiger partial charge < -0.3 is 33.5 Å². The first-order valence-electron chi connectivity index (χ1n) is 9.97. The number of ether oxygens (including phenoxy) is 6. The first-order chi connectivity index (χ1) is 15.3. The topological polar surface area (TPSA) is 92.7 Å². The van der Waals surface area contributed by atoms with Crippen molar-refractivity contribution in [3.8, 4) is 34.5 Å². The molecule has 0 heterocycles. The Morgan fingerprint density at radius 3 is 1.88 bits per heavy atom. The lowest BCUT2D eigenvalue weighted by atomic mass is 10.0. The molecule has 0 unspecified atom stereocenters. The Morgan fingerprint density at radius 2 is 1.41 bits per heavy atom. The van der Waals surface area contributed by atoms with Crippen LogP contribution >= 0.6 is 0 Å². The Hall–Kier alpha value is -3.39. The monoisotopic (exact) mass is 446 g/mol. The number of allylic oxidation sites excluding steroid dienone is 1. The standard InChI is InChI=1S/C24H30O8/c1-8-9-16-10-18(27-4)24(19(11-16)28-5)31-14(2)22(26)17-12-20(29-6)23(30-7)21(13-17)32-15(3)25/h8-14,22,26H,1-7H3/b9-8+/t14-,22+/m0/s1. The summed E-state index contributed by atoms with van der Waals surface area (Å²) in [4.78, 5) is 11.5. The van der Waals surface area contributed by atoms with Crippen molar-refractivity contribution in [2.75, 3.05) is 28.4 Å². The van der Waals surface area contributed by atoms with Gasteiger partial charge in [0.05, 0.1) is 28.4 Å². The van der Waals surface area contributed by atoms with Crippen LogP contribution in [0.1, 0.15) is 38.0 Å². The Balaban J connectivity index is 2.43. The van der Waals surface area contributed by atoms with Gasteiger partial charge in [0.25, 0.3) is 0 Å². The molecule has 0 aromatic heterocycles. The molecule has 0 fully saturated rings. The molecule has 2 atom stereocenters. The minimum atomic E-state index is -1.10. The summed E-state index contributed by atoms with van der Waals surface area (Å²) in [5.41, 5.74) is 1.29. The maximum atomic E-state index is 11.5. The second kappa shape index (κ2) is 11.3. The van der Waals surface area contributed by atoms with Crippen molar-refractivity contribution in [2.24, 2.45) is 0 Å². The number of hydrogen-bond donors (Lipinski definition) is 1. The maximum Gasteiger partial charge on any atom is 0.308 e. The van der Waals surface area contributed by atoms with Crippen LogP contribution in [0, 0.1) is 0 Å². The van der Waals surface area contributed by atoms with Crippen LogP contribution in [0.25, 0.3) is 6.08 Å². The Labute approximate surface area is 188 Å². The van der Waals surface area contributed by atoms with Gasteiger partial charge in [0.2, 0.25) is 11.5 Å². The molecular weight excluding hydrogens is 416 g/mol. The normalized spacial score (nSPS) is 12.8. The quantitative estimate of drug-likeness (QED) is 0.429. The summed E-state index contributed by atoms with van der Waals surface area (Å²) in [5.74, 6) is 1.43. The van der Waals surface area contributed by atoms with E-state index in [2.05, 4.69) is 0 Å². The number of rotatable bonds is 10. The first kappa shape index (κ1) is 24.9. The van der Waals surface area contributed by atoms with E-state index >= 15 is 0 Å². The Morgan fingerprint density at radius 1 is 0.875 bits per heavy atom. The highest BCUT2D eigenvalue weighted by Gasteiger charge is 2.26. The third-order valence-corrected chi connectivity index (χ3v) is 4.65. The number of hydrogen-bond acceptors (Lipinski definition) is 8. The van der Waals surface area contributed by atoms with E-state index in [0.717, 1.165) is 5.56 Å². The van der Waals surface area contributed by atoms with Crippen LogP contribution in [0.2, 0.25) is 0 Å². The molecule has 174 valence electrons. The molecule has 0 amide bonds. The fraction of sp³-hybridized carbons (Fsp3) is 0.375. The molecule has 0 aliphatic carbocycles. The fourth-order valence-corrected chi connectivity index (χ4v) is 3.18. The molecule has 0 aliphatic heterocycles. The van der Waals surface area contributed by atoms with Crippen molar-refractivity contribution in [3.63, 3.8) is 0 Å². The highest BCUT2D eigenvalue weighted by atomic mass is 16.6. The number of methoxy groups -OCH3 is 4. The molecular formula is C24H30O8. The van der Waals surface area contributed by atoms with Crippen LogP contribution in [0.4, 0.5) is 0 Å². The lowest BCUT2D eigenvalue weighted by Crippen LogP contribution is -2.22. The zero-order valence-corrected chi connectivity index (χ0v) is 19.4. The van der Waals surface area contributed by atoms with E-state index in [0.29, 0.717) is 28.6 Å². The van der Waals surface area contributed by atoms with Crippen LogP contribution in [0.15, 0.2) is 30.3 Å². The summed E-state index contributed by atoms with van der Waals surface area (Å²) in [7, 11) is 5.94. The molecule has 0 radical (unpaired) electrons. The van der Waals surface area contributed by atoms with E-state index in [9.17, 15) is 9.90 Å². The fourth-order valence-electron chi connectivity index (χ4n) is 3.18. The lowest BCUT2D eigenvalue weighted by Gasteiger charge is -2.24. The van der Waals surface area contributed by atoms with E-state index in [1.165, 1.54) is 41.4 Å². The molecule has 0 saturated carbocycles. The largest absolute Gasteiger partial charge is 0.493 e. The van der Waals surface area contributed by atoms with Crippen LogP contribution in [0.3, 0.4) is 0 Å². The van der Waals surface area contributed by atoms with Crippen molar-refractivity contribution < 1.29 is 38.3 Å². The molecule has 0 spiro atoms. The summed E-state index contributed by atoms with van der Waals surface area (Å²) in [6, 6.07) is 6.73. The van der Waals surface area contributed by atoms with Crippen molar-refractivity contribution in [2.45, 2.75) is 33.0 Å². The van der Waals surface area contributed by atoms with Crippen LogP contribution in [0.5, 0.6) is 34.5 Å². The van der Waals surface area contributed by atoms with E-state index in [1.807, 2.05) is 31.2 Å². The molecule has 1 N–H and O–H groups in total. The third kappa shape index (κ3) is 5.64. The number of esters is 1. The average molecular weight is 446 g/mol. The second-order valence-electron chi connectivity index (χ2n) is 6.87. The molecule has 32 heavy (non-hydrogen) atoms. The van der Waals surface area contributed by atoms with Crippen molar-refractivity contribution >= 4 is 12.0 Å². The summed E-state index contributed by atoms with van der Waals surface area (Å²) in [5, 5.41) is 11.0. The number of carbonyl (C=O) groups is 1. The smallest absolute Gasteiger partial charge is 0.308 e. The van der Waals surface area contributed by atoms with Gasteiger partial charge in [-0.3, -0.25) is 4.79 Å². The molecule has 8 heteroatoms. The molecule has 2 aromatic carbocycles. The number of aliphatic hydroxyl groups is 1. The van der Waals surface area contributed by atoms with Crippen molar-refractivity contribution in [3.05, 3.63) is 41.5 Å². The van der Waals surface area contributed by atoms with Gasteiger partial charge in [-0.15, -0.1) is 0 Å². The van der Waals surface area contributed by atoms with Crippen molar-refractivity contribution in [1.82, 2.24) is 0 Å². The second-order valence-corrected chi connectivity index (χ2v) is 6.87. The van der Waals surface area contributed by atoms with Gasteiger partial charge in [0.15, 0.2) is 23.0 Å². The van der Waals surface area contributed by atoms with Gasteiger partial charge in [-0.25, -0.2) is 0 Å². The lowest BCUT2D eigenvalue weighted by molar-refractivity contribution is -0.132. The van der Waals surface area contributed by atoms with Gasteiger partial charge in [0, 0.05) is 6.92 Å². The molecule has 0 aliphatic rings. The highest BCUT2D eigenvalue weighted by Crippen LogP contribution is 2.43. The number of benzene rings is 2. The first-order valence-corrected chi connectivity index (χ1v) is 9.97. The van der Waals surface area contributed by atoms with Crippen LogP contribution in [-0.2, 0) is 4.79 Å². The average Bonchev–Trinajstić information content (AvgIpc) is 2.78. The summed E-state index contributed by atoms with van der Waals surface area (Å²) in [6.45, 7) is 4.89. The molecule has 2 aromatic rings. The number of aliphatic hydroxyl groups excluding tert-OH is 1. The van der Waals surface area contributed by atoms with Crippen molar-refractivity contribution in [1.29, 1.82) is 0 Å². The predicted octanol–water partition coefficient (Wildman–Crippen LogP) is 4.18. The van der Waals surface area contributed by atoms with Gasteiger partial charge in [0.1, 0.15) is 12.2 Å². The minimum Gasteiger partial charge on any atom is -0.493 e. The highest BCUT2D eigenvalue weighted by molar-refractivity contribution is 5.71. The van der Waals surface area contributed by atoms with E-state index in [1.54, 1.807) is 13.0 Å². The zero-order chi connectivity index (χ0) is 23.8. The third-order valence-electron chi connectivity index (χ3n) is 4.65. The SMILES string of the molecule is C/C=C/c1cc(OC)c(O[C@@H](C)[C@@H](O)c2cc(OC)c(OC)c(OC(C)=O)c2)c(OC)c1. The molecule has 0 saturated heterocycles. The van der Waals surface area contributed by atoms with Gasteiger partial charge in [-0.2, -0.15) is 0 Å². The molecule has 2 rings (SSSR count). The minimum absolute atomic E-state index is 0.131. The molecule has 8 nitrogen and oxygen atoms in total. The summed E-state index contributed by atoms with van der Waals surface area (Å²) >= 11 is 0. The van der Waals surface area contributed by atoms with Crippen LogP contribution < -0.4 is 28.4 Å². The van der Waals surface area contributed by atoms with E-state index < -0.39 is 18.2 Å². The number of carbonyl (C=O) groups excluding carboxylic acids is 1. The van der Waals surface area contributed by atoms with E-state index in [4.69, 9.17) is 28.4 Å². The maximum absolute atomic E-state index is 11.5. The predicted molar refractivity (Wildman–Crippen MR) is 120 cm³/mol. The van der Waals surface area contributed by atoms with Crippen LogP contribution in [-0.4, -0.2) is 45.6 Å². The molecule has 0 bridgehead atoms. The Kier molecular flexibility index (Phi) is 8.78. The summed E-state index contributed by atoms with van der Waals surface area (Å²) in [6.07, 6.45) is 1.98. The summed E-state index contributed by atoms with van der Waals surface area (Å²) < 4.78 is 32.9. The van der Waals surface area contributed by atoms with E-state index in [-0.39, 0.29) is 11.5 Å². The van der Waals surface area contributed by atoms with Gasteiger partial charge in [-0.05, 0) is 49.2 Å². The zero-order valence-electron chi connectivity index (χ0n) is 19.4. The van der Waals surface area contributed by atoms with Gasteiger partial charge in [-0.1, -0.05) is 12.2 Å².